The highest BCUT2D eigenvalue weighted by atomic mass is 19.4. The molecule has 1 aliphatic rings. The van der Waals surface area contributed by atoms with Crippen LogP contribution in [0.5, 0.6) is 0 Å². The first kappa shape index (κ1) is 21.5. The minimum atomic E-state index is -5.08. The third-order valence-electron chi connectivity index (χ3n) is 4.49. The number of rotatable bonds is 5. The van der Waals surface area contributed by atoms with E-state index in [1.807, 2.05) is 42.7 Å². The van der Waals surface area contributed by atoms with Crippen LogP contribution in [0.25, 0.3) is 5.69 Å². The van der Waals surface area contributed by atoms with Gasteiger partial charge in [0.05, 0.1) is 23.6 Å². The molecule has 1 atom stereocenters. The summed E-state index contributed by atoms with van der Waals surface area (Å²) in [6.07, 6.45) is 3.93. The number of fused-ring (bicyclic) bond motifs is 1. The Kier molecular flexibility index (Phi) is 6.83. The molecule has 0 fully saturated rings. The summed E-state index contributed by atoms with van der Waals surface area (Å²) < 4.78 is 34.0. The Labute approximate surface area is 170 Å². The van der Waals surface area contributed by atoms with Crippen molar-refractivity contribution in [2.75, 3.05) is 6.54 Å². The highest BCUT2D eigenvalue weighted by Gasteiger charge is 2.38. The van der Waals surface area contributed by atoms with Gasteiger partial charge in [-0.2, -0.15) is 28.2 Å². The molecule has 11 heteroatoms. The highest BCUT2D eigenvalue weighted by Crippen LogP contribution is 2.22. The van der Waals surface area contributed by atoms with Crippen molar-refractivity contribution in [1.29, 1.82) is 0 Å². The number of hydrogen-bond acceptors (Lipinski definition) is 5. The highest BCUT2D eigenvalue weighted by molar-refractivity contribution is 5.73. The van der Waals surface area contributed by atoms with E-state index in [0.29, 0.717) is 6.04 Å². The van der Waals surface area contributed by atoms with Crippen LogP contribution < -0.4 is 5.32 Å². The lowest BCUT2D eigenvalue weighted by molar-refractivity contribution is -0.192. The van der Waals surface area contributed by atoms with Crippen molar-refractivity contribution in [3.63, 3.8) is 0 Å². The van der Waals surface area contributed by atoms with Gasteiger partial charge in [0.15, 0.2) is 0 Å². The molecule has 1 unspecified atom stereocenters. The number of alkyl halides is 3. The summed E-state index contributed by atoms with van der Waals surface area (Å²) in [5.74, 6) is -1.60. The predicted octanol–water partition coefficient (Wildman–Crippen LogP) is 2.76. The predicted molar refractivity (Wildman–Crippen MR) is 101 cm³/mol. The molecule has 30 heavy (non-hydrogen) atoms. The average Bonchev–Trinajstić information content (AvgIpc) is 3.38. The van der Waals surface area contributed by atoms with Crippen molar-refractivity contribution >= 4 is 5.97 Å². The van der Waals surface area contributed by atoms with Gasteiger partial charge in [-0.25, -0.2) is 9.78 Å². The zero-order valence-corrected chi connectivity index (χ0v) is 16.0. The first-order valence-corrected chi connectivity index (χ1v) is 9.36. The average molecular weight is 422 g/mol. The first-order valence-electron chi connectivity index (χ1n) is 9.36. The Bertz CT molecular complexity index is 955. The van der Waals surface area contributed by atoms with Crippen LogP contribution in [0, 0.1) is 0 Å². The Hall–Kier alpha value is -3.21. The van der Waals surface area contributed by atoms with Gasteiger partial charge < -0.3 is 15.0 Å². The van der Waals surface area contributed by atoms with Crippen molar-refractivity contribution < 1.29 is 23.1 Å². The van der Waals surface area contributed by atoms with Gasteiger partial charge in [0, 0.05) is 31.9 Å². The summed E-state index contributed by atoms with van der Waals surface area (Å²) >= 11 is 0. The summed E-state index contributed by atoms with van der Waals surface area (Å²) in [6.45, 7) is 1.96. The number of nitrogens with zero attached hydrogens (tertiary/aromatic N) is 5. The lowest BCUT2D eigenvalue weighted by Gasteiger charge is -2.24. The molecule has 3 heterocycles. The van der Waals surface area contributed by atoms with E-state index in [1.54, 1.807) is 4.80 Å². The number of carboxylic acid groups (broad SMARTS) is 1. The number of aromatic nitrogens is 5. The van der Waals surface area contributed by atoms with Crippen LogP contribution in [0.15, 0.2) is 48.9 Å². The van der Waals surface area contributed by atoms with Gasteiger partial charge in [-0.3, -0.25) is 0 Å². The standard InChI is InChI=1S/C17H20N6.C2HF3O2/c1-2-5-15(6-3-1)23-20-13-14(21-23)8-9-18-16-7-4-11-22-12-10-19-17(16)22;3-2(4,5)1(6)7/h1-3,5-6,10,12-13,16,18H,4,7-9,11H2;(H,6,7). The molecule has 1 aliphatic heterocycles. The molecule has 0 spiro atoms. The number of imidazole rings is 1. The second-order valence-electron chi connectivity index (χ2n) is 6.64. The van der Waals surface area contributed by atoms with Gasteiger partial charge in [0.1, 0.15) is 5.82 Å². The Balaban J connectivity index is 0.000000318. The fourth-order valence-corrected chi connectivity index (χ4v) is 3.08. The smallest absolute Gasteiger partial charge is 0.475 e. The zero-order chi connectivity index (χ0) is 21.6. The summed E-state index contributed by atoms with van der Waals surface area (Å²) in [4.78, 5) is 15.1. The quantitative estimate of drug-likeness (QED) is 0.656. The molecule has 0 aliphatic carbocycles. The normalized spacial score (nSPS) is 15.8. The molecular formula is C19H21F3N6O2. The molecule has 3 aromatic rings. The van der Waals surface area contributed by atoms with E-state index in [1.165, 1.54) is 6.42 Å². The third-order valence-corrected chi connectivity index (χ3v) is 4.49. The van der Waals surface area contributed by atoms with E-state index in [9.17, 15) is 13.2 Å². The number of nitrogens with one attached hydrogen (secondary N) is 1. The van der Waals surface area contributed by atoms with Crippen molar-refractivity contribution in [3.05, 3.63) is 60.4 Å². The maximum Gasteiger partial charge on any atom is 0.490 e. The van der Waals surface area contributed by atoms with Gasteiger partial charge in [0.25, 0.3) is 0 Å². The number of carbonyl (C=O) groups is 1. The molecule has 2 N–H and O–H groups in total. The summed E-state index contributed by atoms with van der Waals surface area (Å²) in [5, 5.41) is 19.6. The topological polar surface area (TPSA) is 97.9 Å². The first-order chi connectivity index (χ1) is 14.3. The van der Waals surface area contributed by atoms with Crippen LogP contribution in [0.3, 0.4) is 0 Å². The monoisotopic (exact) mass is 422 g/mol. The van der Waals surface area contributed by atoms with E-state index in [0.717, 1.165) is 43.1 Å². The molecule has 2 aromatic heterocycles. The van der Waals surface area contributed by atoms with E-state index >= 15 is 0 Å². The Morgan fingerprint density at radius 2 is 2.00 bits per heavy atom. The SMILES string of the molecule is O=C(O)C(F)(F)F.c1ccc(-n2ncc(CCNC3CCCn4ccnc43)n2)cc1. The fourth-order valence-electron chi connectivity index (χ4n) is 3.08. The molecule has 0 bridgehead atoms. The summed E-state index contributed by atoms with van der Waals surface area (Å²) in [7, 11) is 0. The lowest BCUT2D eigenvalue weighted by atomic mass is 10.1. The van der Waals surface area contributed by atoms with Crippen molar-refractivity contribution in [2.45, 2.75) is 38.0 Å². The number of para-hydroxylation sites is 1. The second kappa shape index (κ2) is 9.53. The Morgan fingerprint density at radius 1 is 1.27 bits per heavy atom. The molecule has 8 nitrogen and oxygen atoms in total. The number of aliphatic carboxylic acids is 1. The lowest BCUT2D eigenvalue weighted by Crippen LogP contribution is -2.29. The molecule has 1 aromatic carbocycles. The van der Waals surface area contributed by atoms with Gasteiger partial charge in [-0.15, -0.1) is 0 Å². The van der Waals surface area contributed by atoms with Gasteiger partial charge in [0.2, 0.25) is 0 Å². The molecule has 0 saturated heterocycles. The van der Waals surface area contributed by atoms with E-state index in [-0.39, 0.29) is 0 Å². The second-order valence-corrected chi connectivity index (χ2v) is 6.64. The van der Waals surface area contributed by atoms with Crippen LogP contribution in [0.2, 0.25) is 0 Å². The van der Waals surface area contributed by atoms with E-state index < -0.39 is 12.1 Å². The van der Waals surface area contributed by atoms with Gasteiger partial charge in [-0.1, -0.05) is 18.2 Å². The molecule has 4 rings (SSSR count). The molecule has 160 valence electrons. The van der Waals surface area contributed by atoms with Gasteiger partial charge >= 0.3 is 12.1 Å². The van der Waals surface area contributed by atoms with Crippen LogP contribution in [-0.4, -0.2) is 48.3 Å². The molecular weight excluding hydrogens is 401 g/mol. The summed E-state index contributed by atoms with van der Waals surface area (Å²) in [6, 6.07) is 10.3. The number of halogens is 3. The van der Waals surface area contributed by atoms with E-state index in [2.05, 4.69) is 31.3 Å². The van der Waals surface area contributed by atoms with Crippen LogP contribution >= 0.6 is 0 Å². The Morgan fingerprint density at radius 3 is 2.70 bits per heavy atom. The summed E-state index contributed by atoms with van der Waals surface area (Å²) in [5.41, 5.74) is 1.99. The maximum absolute atomic E-state index is 10.6. The zero-order valence-electron chi connectivity index (χ0n) is 16.0. The minimum Gasteiger partial charge on any atom is -0.475 e. The number of carboxylic acids is 1. The molecule has 0 amide bonds. The number of hydrogen-bond donors (Lipinski definition) is 2. The van der Waals surface area contributed by atoms with E-state index in [4.69, 9.17) is 9.90 Å². The fraction of sp³-hybridized carbons (Fsp3) is 0.368. The van der Waals surface area contributed by atoms with Crippen LogP contribution in [0.4, 0.5) is 13.2 Å². The van der Waals surface area contributed by atoms with Crippen LogP contribution in [-0.2, 0) is 17.8 Å². The largest absolute Gasteiger partial charge is 0.490 e. The van der Waals surface area contributed by atoms with Crippen molar-refractivity contribution in [2.24, 2.45) is 0 Å². The van der Waals surface area contributed by atoms with Crippen molar-refractivity contribution in [3.8, 4) is 5.69 Å². The van der Waals surface area contributed by atoms with Crippen molar-refractivity contribution in [1.82, 2.24) is 29.9 Å². The minimum absolute atomic E-state index is 0.350. The maximum atomic E-state index is 10.6. The van der Waals surface area contributed by atoms with Gasteiger partial charge in [-0.05, 0) is 25.0 Å². The molecule has 0 saturated carbocycles. The number of benzene rings is 1. The van der Waals surface area contributed by atoms with Crippen LogP contribution in [0.1, 0.15) is 30.4 Å². The number of aryl methyl sites for hydroxylation is 1. The molecule has 0 radical (unpaired) electrons. The third kappa shape index (κ3) is 5.66.